The zero-order valence-corrected chi connectivity index (χ0v) is 9.94. The van der Waals surface area contributed by atoms with Gasteiger partial charge in [-0.15, -0.1) is 0 Å². The van der Waals surface area contributed by atoms with Crippen LogP contribution >= 0.6 is 0 Å². The molecule has 0 bridgehead atoms. The van der Waals surface area contributed by atoms with E-state index in [2.05, 4.69) is 0 Å². The minimum absolute atomic E-state index is 0.132. The third-order valence-corrected chi connectivity index (χ3v) is 3.46. The molecule has 0 aliphatic heterocycles. The molecule has 0 aromatic heterocycles. The van der Waals surface area contributed by atoms with Crippen molar-refractivity contribution >= 4 is 15.8 Å². The molecule has 0 fully saturated rings. The molecule has 1 rings (SSSR count). The fourth-order valence-corrected chi connectivity index (χ4v) is 2.20. The minimum Gasteiger partial charge on any atom is -0.507 e. The maximum atomic E-state index is 11.2. The number of carboxylic acids is 1. The van der Waals surface area contributed by atoms with Gasteiger partial charge < -0.3 is 15.9 Å². The number of nitrogens with two attached hydrogens (primary N) is 1. The van der Waals surface area contributed by atoms with Crippen LogP contribution in [-0.2, 0) is 14.6 Å². The molecular weight excluding hydrogens is 246 g/mol. The Morgan fingerprint density at radius 3 is 2.41 bits per heavy atom. The van der Waals surface area contributed by atoms with Gasteiger partial charge in [0.05, 0.1) is 5.92 Å². The molecule has 0 aliphatic rings. The largest absolute Gasteiger partial charge is 0.507 e. The summed E-state index contributed by atoms with van der Waals surface area (Å²) in [5.74, 6) is -2.56. The summed E-state index contributed by atoms with van der Waals surface area (Å²) in [6.45, 7) is -0.132. The molecule has 17 heavy (non-hydrogen) atoms. The van der Waals surface area contributed by atoms with Crippen molar-refractivity contribution in [3.05, 3.63) is 23.8 Å². The van der Waals surface area contributed by atoms with E-state index in [9.17, 15) is 18.3 Å². The molecular formula is C10H13NO5S. The number of carbonyl (C=O) groups is 1. The van der Waals surface area contributed by atoms with Crippen LogP contribution in [0.2, 0.25) is 0 Å². The second kappa shape index (κ2) is 4.72. The van der Waals surface area contributed by atoms with E-state index in [1.165, 1.54) is 12.1 Å². The minimum atomic E-state index is -3.53. The first kappa shape index (κ1) is 13.5. The Morgan fingerprint density at radius 2 is 2.06 bits per heavy atom. The number of sulfone groups is 1. The standard InChI is InChI=1S/C10H13NO5S/c1-17(15,16)9-3-2-6(4-8(9)12)7(5-11)10(13)14/h2-4,7,12H,5,11H2,1H3,(H,13,14). The Labute approximate surface area is 98.6 Å². The second-order valence-corrected chi connectivity index (χ2v) is 5.61. The predicted octanol–water partition coefficient (Wildman–Crippen LogP) is -0.0774. The van der Waals surface area contributed by atoms with Crippen molar-refractivity contribution < 1.29 is 23.4 Å². The summed E-state index contributed by atoms with van der Waals surface area (Å²) in [6.07, 6.45) is 0.958. The van der Waals surface area contributed by atoms with Crippen molar-refractivity contribution in [2.45, 2.75) is 10.8 Å². The summed E-state index contributed by atoms with van der Waals surface area (Å²) in [4.78, 5) is 10.6. The molecule has 0 heterocycles. The molecule has 0 aliphatic carbocycles. The van der Waals surface area contributed by atoms with Crippen LogP contribution in [0.4, 0.5) is 0 Å². The number of rotatable bonds is 4. The summed E-state index contributed by atoms with van der Waals surface area (Å²) < 4.78 is 22.5. The summed E-state index contributed by atoms with van der Waals surface area (Å²) >= 11 is 0. The average molecular weight is 259 g/mol. The fraction of sp³-hybridized carbons (Fsp3) is 0.300. The lowest BCUT2D eigenvalue weighted by atomic mass is 9.99. The first-order valence-electron chi connectivity index (χ1n) is 4.73. The number of hydrogen-bond acceptors (Lipinski definition) is 5. The van der Waals surface area contributed by atoms with Crippen molar-refractivity contribution in [3.63, 3.8) is 0 Å². The zero-order valence-electron chi connectivity index (χ0n) is 9.12. The van der Waals surface area contributed by atoms with Gasteiger partial charge in [-0.05, 0) is 17.7 Å². The molecule has 4 N–H and O–H groups in total. The van der Waals surface area contributed by atoms with Gasteiger partial charge in [-0.1, -0.05) is 6.07 Å². The SMILES string of the molecule is CS(=O)(=O)c1ccc(C(CN)C(=O)O)cc1O. The van der Waals surface area contributed by atoms with Crippen molar-refractivity contribution in [3.8, 4) is 5.75 Å². The molecule has 7 heteroatoms. The van der Waals surface area contributed by atoms with E-state index in [0.29, 0.717) is 0 Å². The molecule has 1 aromatic carbocycles. The molecule has 0 amide bonds. The van der Waals surface area contributed by atoms with Crippen LogP contribution in [0.25, 0.3) is 0 Å². The maximum Gasteiger partial charge on any atom is 0.312 e. The van der Waals surface area contributed by atoms with Crippen molar-refractivity contribution in [1.29, 1.82) is 0 Å². The Kier molecular flexibility index (Phi) is 3.74. The summed E-state index contributed by atoms with van der Waals surface area (Å²) in [7, 11) is -3.53. The molecule has 0 saturated carbocycles. The molecule has 1 aromatic rings. The van der Waals surface area contributed by atoms with Crippen molar-refractivity contribution in [1.82, 2.24) is 0 Å². The lowest BCUT2D eigenvalue weighted by Gasteiger charge is -2.11. The Bertz CT molecular complexity index is 538. The second-order valence-electron chi connectivity index (χ2n) is 3.63. The topological polar surface area (TPSA) is 118 Å². The first-order chi connectivity index (χ1) is 7.77. The fourth-order valence-electron chi connectivity index (χ4n) is 1.44. The van der Waals surface area contributed by atoms with Crippen LogP contribution < -0.4 is 5.73 Å². The van der Waals surface area contributed by atoms with E-state index in [0.717, 1.165) is 12.3 Å². The van der Waals surface area contributed by atoms with Crippen LogP contribution in [0.15, 0.2) is 23.1 Å². The third-order valence-electron chi connectivity index (χ3n) is 2.32. The number of carboxylic acid groups (broad SMARTS) is 1. The van der Waals surface area contributed by atoms with Crippen molar-refractivity contribution in [2.75, 3.05) is 12.8 Å². The smallest absolute Gasteiger partial charge is 0.312 e. The van der Waals surface area contributed by atoms with E-state index in [1.807, 2.05) is 0 Å². The molecule has 1 atom stereocenters. The van der Waals surface area contributed by atoms with Gasteiger partial charge in [0.25, 0.3) is 0 Å². The molecule has 6 nitrogen and oxygen atoms in total. The number of phenolic OH excluding ortho intramolecular Hbond substituents is 1. The summed E-state index contributed by atoms with van der Waals surface area (Å²) in [5, 5.41) is 18.4. The van der Waals surface area contributed by atoms with Gasteiger partial charge in [0.2, 0.25) is 0 Å². The lowest BCUT2D eigenvalue weighted by Crippen LogP contribution is -2.21. The molecule has 0 saturated heterocycles. The highest BCUT2D eigenvalue weighted by Gasteiger charge is 2.21. The van der Waals surface area contributed by atoms with Gasteiger partial charge in [-0.2, -0.15) is 0 Å². The quantitative estimate of drug-likeness (QED) is 0.696. The number of aliphatic carboxylic acids is 1. The summed E-state index contributed by atoms with van der Waals surface area (Å²) in [6, 6.07) is 3.62. The monoisotopic (exact) mass is 259 g/mol. The third kappa shape index (κ3) is 2.95. The number of aromatic hydroxyl groups is 1. The predicted molar refractivity (Wildman–Crippen MR) is 60.6 cm³/mol. The molecule has 1 unspecified atom stereocenters. The van der Waals surface area contributed by atoms with Gasteiger partial charge in [0, 0.05) is 12.8 Å². The number of hydrogen-bond donors (Lipinski definition) is 3. The van der Waals surface area contributed by atoms with Gasteiger partial charge in [-0.25, -0.2) is 8.42 Å². The van der Waals surface area contributed by atoms with E-state index >= 15 is 0 Å². The zero-order chi connectivity index (χ0) is 13.2. The molecule has 0 radical (unpaired) electrons. The van der Waals surface area contributed by atoms with Crippen LogP contribution in [0, 0.1) is 0 Å². The van der Waals surface area contributed by atoms with Gasteiger partial charge >= 0.3 is 5.97 Å². The van der Waals surface area contributed by atoms with Crippen LogP contribution in [0.3, 0.4) is 0 Å². The van der Waals surface area contributed by atoms with Crippen LogP contribution in [0.5, 0.6) is 5.75 Å². The Morgan fingerprint density at radius 1 is 1.47 bits per heavy atom. The van der Waals surface area contributed by atoms with E-state index in [1.54, 1.807) is 0 Å². The summed E-state index contributed by atoms with van der Waals surface area (Å²) in [5.41, 5.74) is 5.57. The van der Waals surface area contributed by atoms with E-state index in [4.69, 9.17) is 10.8 Å². The highest BCUT2D eigenvalue weighted by atomic mass is 32.2. The Hall–Kier alpha value is -1.60. The molecule has 0 spiro atoms. The van der Waals surface area contributed by atoms with E-state index < -0.39 is 27.5 Å². The lowest BCUT2D eigenvalue weighted by molar-refractivity contribution is -0.138. The number of benzene rings is 1. The van der Waals surface area contributed by atoms with Crippen LogP contribution in [0.1, 0.15) is 11.5 Å². The molecule has 94 valence electrons. The van der Waals surface area contributed by atoms with Gasteiger partial charge in [0.1, 0.15) is 10.6 Å². The van der Waals surface area contributed by atoms with Crippen LogP contribution in [-0.4, -0.2) is 37.4 Å². The van der Waals surface area contributed by atoms with Gasteiger partial charge in [0.15, 0.2) is 9.84 Å². The highest BCUT2D eigenvalue weighted by molar-refractivity contribution is 7.90. The maximum absolute atomic E-state index is 11.2. The number of phenols is 1. The first-order valence-corrected chi connectivity index (χ1v) is 6.62. The normalized spacial score (nSPS) is 13.3. The van der Waals surface area contributed by atoms with E-state index in [-0.39, 0.29) is 17.0 Å². The Balaban J connectivity index is 3.26. The van der Waals surface area contributed by atoms with Crippen molar-refractivity contribution in [2.24, 2.45) is 5.73 Å². The van der Waals surface area contributed by atoms with Gasteiger partial charge in [-0.3, -0.25) is 4.79 Å². The highest BCUT2D eigenvalue weighted by Crippen LogP contribution is 2.27. The average Bonchev–Trinajstić information content (AvgIpc) is 2.15.